The van der Waals surface area contributed by atoms with Gasteiger partial charge in [0.15, 0.2) is 0 Å². The Morgan fingerprint density at radius 1 is 0.930 bits per heavy atom. The molecule has 4 rings (SSSR count). The molecular formula is C33H40ClN3O5S. The molecule has 3 aromatic carbocycles. The Hall–Kier alpha value is -3.56. The maximum absolute atomic E-state index is 14.3. The van der Waals surface area contributed by atoms with E-state index in [9.17, 15) is 18.0 Å². The third-order valence-corrected chi connectivity index (χ3v) is 8.98. The van der Waals surface area contributed by atoms with E-state index in [1.54, 1.807) is 55.5 Å². The Kier molecular flexibility index (Phi) is 11.5. The quantitative estimate of drug-likeness (QED) is 0.267. The maximum atomic E-state index is 14.3. The van der Waals surface area contributed by atoms with Gasteiger partial charge in [-0.15, -0.1) is 0 Å². The van der Waals surface area contributed by atoms with Gasteiger partial charge in [-0.2, -0.15) is 0 Å². The van der Waals surface area contributed by atoms with Crippen LogP contribution < -0.4 is 14.4 Å². The number of para-hydroxylation sites is 2. The predicted octanol–water partition coefficient (Wildman–Crippen LogP) is 5.59. The summed E-state index contributed by atoms with van der Waals surface area (Å²) in [4.78, 5) is 29.8. The summed E-state index contributed by atoms with van der Waals surface area (Å²) in [5.74, 6) is -0.409. The van der Waals surface area contributed by atoms with E-state index in [1.807, 2.05) is 30.3 Å². The number of nitrogens with zero attached hydrogens (tertiary/aromatic N) is 2. The Labute approximate surface area is 260 Å². The first-order chi connectivity index (χ1) is 20.7. The standard InChI is InChI=1S/C33H40ClN3O5S/c1-3-42-31-17-11-10-16-29(31)37(43(2,40)41)24-32(38)36(23-26-18-20-27(34)21-19-26)30(22-25-12-6-4-7-13-25)33(39)35-28-14-8-5-9-15-28/h4,6-7,10-13,16-21,28,30H,3,5,8-9,14-15,22-24H2,1-2H3,(H,35,39)/t30-/m1/s1. The van der Waals surface area contributed by atoms with Gasteiger partial charge >= 0.3 is 0 Å². The average molecular weight is 626 g/mol. The molecule has 1 N–H and O–H groups in total. The first kappa shape index (κ1) is 32.4. The van der Waals surface area contributed by atoms with E-state index in [-0.39, 0.29) is 30.6 Å². The van der Waals surface area contributed by atoms with Crippen LogP contribution in [-0.4, -0.2) is 56.6 Å². The van der Waals surface area contributed by atoms with E-state index in [0.29, 0.717) is 17.4 Å². The highest BCUT2D eigenvalue weighted by Gasteiger charge is 2.34. The summed E-state index contributed by atoms with van der Waals surface area (Å²) in [7, 11) is -3.91. The van der Waals surface area contributed by atoms with Gasteiger partial charge < -0.3 is 15.0 Å². The molecule has 1 fully saturated rings. The third-order valence-electron chi connectivity index (χ3n) is 7.60. The molecule has 0 aliphatic heterocycles. The minimum atomic E-state index is -3.91. The first-order valence-corrected chi connectivity index (χ1v) is 17.0. The van der Waals surface area contributed by atoms with Crippen LogP contribution >= 0.6 is 11.6 Å². The fourth-order valence-electron chi connectivity index (χ4n) is 5.42. The first-order valence-electron chi connectivity index (χ1n) is 14.7. The van der Waals surface area contributed by atoms with Crippen molar-refractivity contribution >= 4 is 39.1 Å². The van der Waals surface area contributed by atoms with Crippen molar-refractivity contribution in [3.8, 4) is 5.75 Å². The van der Waals surface area contributed by atoms with Crippen molar-refractivity contribution in [2.24, 2.45) is 0 Å². The van der Waals surface area contributed by atoms with Gasteiger partial charge in [-0.3, -0.25) is 13.9 Å². The molecule has 0 bridgehead atoms. The summed E-state index contributed by atoms with van der Waals surface area (Å²) in [5, 5.41) is 3.75. The summed E-state index contributed by atoms with van der Waals surface area (Å²) in [6.45, 7) is 1.72. The van der Waals surface area contributed by atoms with Crippen molar-refractivity contribution < 1.29 is 22.7 Å². The second kappa shape index (κ2) is 15.3. The lowest BCUT2D eigenvalue weighted by molar-refractivity contribution is -0.140. The number of sulfonamides is 1. The number of carbonyl (C=O) groups is 2. The number of halogens is 1. The number of amides is 2. The van der Waals surface area contributed by atoms with E-state index < -0.39 is 28.5 Å². The molecule has 1 aliphatic carbocycles. The van der Waals surface area contributed by atoms with Crippen LogP contribution in [0.25, 0.3) is 0 Å². The molecule has 0 aromatic heterocycles. The number of rotatable bonds is 13. The Bertz CT molecular complexity index is 1460. The van der Waals surface area contributed by atoms with Crippen LogP contribution in [0.2, 0.25) is 5.02 Å². The highest BCUT2D eigenvalue weighted by molar-refractivity contribution is 7.92. The van der Waals surface area contributed by atoms with Gasteiger partial charge in [0.25, 0.3) is 0 Å². The highest BCUT2D eigenvalue weighted by Crippen LogP contribution is 2.30. The SMILES string of the molecule is CCOc1ccccc1N(CC(=O)N(Cc1ccc(Cl)cc1)[C@H](Cc1ccccc1)C(=O)NC1CCCCC1)S(C)(=O)=O. The van der Waals surface area contributed by atoms with Crippen molar-refractivity contribution in [1.82, 2.24) is 10.2 Å². The van der Waals surface area contributed by atoms with Crippen molar-refractivity contribution in [3.05, 3.63) is 95.0 Å². The van der Waals surface area contributed by atoms with Crippen molar-refractivity contribution in [2.75, 3.05) is 23.7 Å². The second-order valence-corrected chi connectivity index (χ2v) is 13.2. The number of anilines is 1. The Balaban J connectivity index is 1.73. The van der Waals surface area contributed by atoms with Gasteiger partial charge in [-0.1, -0.05) is 85.5 Å². The van der Waals surface area contributed by atoms with Crippen LogP contribution in [0.3, 0.4) is 0 Å². The summed E-state index contributed by atoms with van der Waals surface area (Å²) in [5.41, 5.74) is 1.92. The van der Waals surface area contributed by atoms with E-state index in [4.69, 9.17) is 16.3 Å². The monoisotopic (exact) mass is 625 g/mol. The van der Waals surface area contributed by atoms with E-state index in [2.05, 4.69) is 5.32 Å². The lowest BCUT2D eigenvalue weighted by Gasteiger charge is -2.35. The van der Waals surface area contributed by atoms with Gasteiger partial charge in [-0.05, 0) is 55.2 Å². The molecule has 8 nitrogen and oxygen atoms in total. The summed E-state index contributed by atoms with van der Waals surface area (Å²) in [6, 6.07) is 22.5. The van der Waals surface area contributed by atoms with Crippen LogP contribution in [0, 0.1) is 0 Å². The average Bonchev–Trinajstić information content (AvgIpc) is 2.99. The van der Waals surface area contributed by atoms with Crippen LogP contribution in [0.15, 0.2) is 78.9 Å². The predicted molar refractivity (Wildman–Crippen MR) is 171 cm³/mol. The molecule has 0 spiro atoms. The summed E-state index contributed by atoms with van der Waals surface area (Å²) in [6.07, 6.45) is 6.35. The summed E-state index contributed by atoms with van der Waals surface area (Å²) >= 11 is 6.14. The minimum absolute atomic E-state index is 0.0394. The number of hydrogen-bond donors (Lipinski definition) is 1. The topological polar surface area (TPSA) is 96.0 Å². The molecule has 0 unspecified atom stereocenters. The zero-order valence-corrected chi connectivity index (χ0v) is 26.3. The summed E-state index contributed by atoms with van der Waals surface area (Å²) < 4.78 is 33.0. The van der Waals surface area contributed by atoms with E-state index in [0.717, 1.165) is 53.8 Å². The van der Waals surface area contributed by atoms with Crippen LogP contribution in [0.5, 0.6) is 5.75 Å². The van der Waals surface area contributed by atoms with Gasteiger partial charge in [0, 0.05) is 24.0 Å². The van der Waals surface area contributed by atoms with Crippen LogP contribution in [0.4, 0.5) is 5.69 Å². The number of nitrogens with one attached hydrogen (secondary N) is 1. The van der Waals surface area contributed by atoms with Gasteiger partial charge in [0.2, 0.25) is 21.8 Å². The largest absolute Gasteiger partial charge is 0.492 e. The van der Waals surface area contributed by atoms with Gasteiger partial charge in [0.1, 0.15) is 18.3 Å². The normalized spacial score (nSPS) is 14.5. The van der Waals surface area contributed by atoms with Crippen molar-refractivity contribution in [3.63, 3.8) is 0 Å². The fourth-order valence-corrected chi connectivity index (χ4v) is 6.40. The molecule has 230 valence electrons. The van der Waals surface area contributed by atoms with E-state index in [1.165, 1.54) is 4.90 Å². The highest BCUT2D eigenvalue weighted by atomic mass is 35.5. The van der Waals surface area contributed by atoms with Crippen LogP contribution in [-0.2, 0) is 32.6 Å². The molecule has 3 aromatic rings. The molecule has 0 radical (unpaired) electrons. The van der Waals surface area contributed by atoms with Crippen molar-refractivity contribution in [2.45, 2.75) is 64.1 Å². The molecule has 1 atom stereocenters. The minimum Gasteiger partial charge on any atom is -0.492 e. The van der Waals surface area contributed by atoms with E-state index >= 15 is 0 Å². The maximum Gasteiger partial charge on any atom is 0.244 e. The molecule has 1 aliphatic rings. The fraction of sp³-hybridized carbons (Fsp3) is 0.394. The number of benzene rings is 3. The lowest BCUT2D eigenvalue weighted by Crippen LogP contribution is -2.55. The molecule has 10 heteroatoms. The van der Waals surface area contributed by atoms with Gasteiger partial charge in [-0.25, -0.2) is 8.42 Å². The molecule has 2 amide bonds. The smallest absolute Gasteiger partial charge is 0.244 e. The molecule has 1 saturated carbocycles. The zero-order chi connectivity index (χ0) is 30.8. The Morgan fingerprint density at radius 3 is 2.23 bits per heavy atom. The molecular weight excluding hydrogens is 586 g/mol. The molecule has 0 saturated heterocycles. The van der Waals surface area contributed by atoms with Crippen molar-refractivity contribution in [1.29, 1.82) is 0 Å². The number of ether oxygens (including phenoxy) is 1. The van der Waals surface area contributed by atoms with Crippen LogP contribution in [0.1, 0.15) is 50.2 Å². The molecule has 0 heterocycles. The lowest BCUT2D eigenvalue weighted by atomic mass is 9.94. The number of carbonyl (C=O) groups excluding carboxylic acids is 2. The zero-order valence-electron chi connectivity index (χ0n) is 24.7. The van der Waals surface area contributed by atoms with Gasteiger partial charge in [0.05, 0.1) is 18.6 Å². The second-order valence-electron chi connectivity index (χ2n) is 10.9. The third kappa shape index (κ3) is 9.21. The number of hydrogen-bond acceptors (Lipinski definition) is 5. The Morgan fingerprint density at radius 2 is 1.58 bits per heavy atom. The molecule has 43 heavy (non-hydrogen) atoms.